The zero-order valence-corrected chi connectivity index (χ0v) is 10.6. The van der Waals surface area contributed by atoms with Crippen LogP contribution < -0.4 is 5.73 Å². The van der Waals surface area contributed by atoms with Gasteiger partial charge in [-0.1, -0.05) is 12.6 Å². The van der Waals surface area contributed by atoms with E-state index in [1.165, 1.54) is 0 Å². The van der Waals surface area contributed by atoms with Gasteiger partial charge in [0.25, 0.3) is 0 Å². The Labute approximate surface area is 106 Å². The quantitative estimate of drug-likeness (QED) is 0.661. The predicted molar refractivity (Wildman–Crippen MR) is 75.4 cm³/mol. The number of aromatic nitrogens is 2. The first-order valence-corrected chi connectivity index (χ1v) is 5.65. The van der Waals surface area contributed by atoms with Gasteiger partial charge in [-0.25, -0.2) is 0 Å². The summed E-state index contributed by atoms with van der Waals surface area (Å²) in [4.78, 5) is 4.32. The zero-order valence-electron chi connectivity index (χ0n) is 10.6. The maximum Gasteiger partial charge on any atom is 0.0679 e. The average molecular weight is 240 g/mol. The van der Waals surface area contributed by atoms with Gasteiger partial charge in [-0.15, -0.1) is 0 Å². The van der Waals surface area contributed by atoms with Gasteiger partial charge in [-0.3, -0.25) is 9.67 Å². The van der Waals surface area contributed by atoms with Crippen LogP contribution in [0.5, 0.6) is 0 Å². The van der Waals surface area contributed by atoms with Crippen molar-refractivity contribution in [3.8, 4) is 0 Å². The van der Waals surface area contributed by atoms with Crippen molar-refractivity contribution < 1.29 is 0 Å². The van der Waals surface area contributed by atoms with Crippen LogP contribution in [-0.4, -0.2) is 15.5 Å². The summed E-state index contributed by atoms with van der Waals surface area (Å²) < 4.78 is 1.85. The number of nitrogens with zero attached hydrogens (tertiary/aromatic N) is 3. The Morgan fingerprint density at radius 1 is 1.50 bits per heavy atom. The molecule has 1 aromatic heterocycles. The molecule has 0 saturated heterocycles. The van der Waals surface area contributed by atoms with Crippen molar-refractivity contribution in [2.24, 2.45) is 17.8 Å². The molecule has 0 bridgehead atoms. The molecule has 0 amide bonds. The van der Waals surface area contributed by atoms with Crippen LogP contribution in [0.25, 0.3) is 10.9 Å². The number of benzene rings is 1. The van der Waals surface area contributed by atoms with Crippen molar-refractivity contribution in [1.82, 2.24) is 9.78 Å². The smallest absolute Gasteiger partial charge is 0.0679 e. The topological polar surface area (TPSA) is 56.2 Å². The van der Waals surface area contributed by atoms with E-state index in [-0.39, 0.29) is 0 Å². The minimum Gasteiger partial charge on any atom is -0.399 e. The van der Waals surface area contributed by atoms with E-state index in [4.69, 9.17) is 5.73 Å². The molecule has 4 heteroatoms. The highest BCUT2D eigenvalue weighted by atomic mass is 15.2. The summed E-state index contributed by atoms with van der Waals surface area (Å²) in [6.45, 7) is 5.54. The van der Waals surface area contributed by atoms with Crippen LogP contribution in [0, 0.1) is 0 Å². The van der Waals surface area contributed by atoms with Gasteiger partial charge in [0.05, 0.1) is 11.7 Å². The molecule has 0 saturated carbocycles. The van der Waals surface area contributed by atoms with Gasteiger partial charge in [0, 0.05) is 30.0 Å². The first-order valence-electron chi connectivity index (χ1n) is 5.65. The molecule has 18 heavy (non-hydrogen) atoms. The highest BCUT2D eigenvalue weighted by Crippen LogP contribution is 2.15. The van der Waals surface area contributed by atoms with E-state index < -0.39 is 0 Å². The van der Waals surface area contributed by atoms with E-state index in [9.17, 15) is 0 Å². The van der Waals surface area contributed by atoms with Gasteiger partial charge < -0.3 is 5.73 Å². The van der Waals surface area contributed by atoms with Crippen LogP contribution in [-0.2, 0) is 7.05 Å². The molecule has 0 radical (unpaired) electrons. The lowest BCUT2D eigenvalue weighted by atomic mass is 10.1. The lowest BCUT2D eigenvalue weighted by Gasteiger charge is -2.00. The van der Waals surface area contributed by atoms with E-state index in [1.807, 2.05) is 37.0 Å². The average Bonchev–Trinajstić information content (AvgIpc) is 2.70. The summed E-state index contributed by atoms with van der Waals surface area (Å²) in [5.41, 5.74) is 9.04. The number of hydrogen-bond acceptors (Lipinski definition) is 3. The molecule has 0 aliphatic rings. The van der Waals surface area contributed by atoms with Crippen molar-refractivity contribution in [3.63, 3.8) is 0 Å². The zero-order chi connectivity index (χ0) is 13.1. The second-order valence-electron chi connectivity index (χ2n) is 4.15. The largest absolute Gasteiger partial charge is 0.399 e. The highest BCUT2D eigenvalue weighted by Gasteiger charge is 2.02. The monoisotopic (exact) mass is 240 g/mol. The third-order valence-corrected chi connectivity index (χ3v) is 2.72. The van der Waals surface area contributed by atoms with Crippen LogP contribution in [0.3, 0.4) is 0 Å². The number of aryl methyl sites for hydroxylation is 1. The molecule has 0 unspecified atom stereocenters. The van der Waals surface area contributed by atoms with Gasteiger partial charge in [0.2, 0.25) is 0 Å². The Morgan fingerprint density at radius 2 is 2.28 bits per heavy atom. The summed E-state index contributed by atoms with van der Waals surface area (Å²) in [7, 11) is 1.93. The number of rotatable bonds is 3. The van der Waals surface area contributed by atoms with Crippen LogP contribution in [0.1, 0.15) is 12.5 Å². The van der Waals surface area contributed by atoms with Crippen LogP contribution in [0.4, 0.5) is 0 Å². The maximum atomic E-state index is 5.43. The van der Waals surface area contributed by atoms with E-state index in [0.29, 0.717) is 5.70 Å². The Morgan fingerprint density at radius 3 is 3.00 bits per heavy atom. The van der Waals surface area contributed by atoms with Gasteiger partial charge in [-0.05, 0) is 30.7 Å². The first-order chi connectivity index (χ1) is 8.58. The third kappa shape index (κ3) is 2.48. The summed E-state index contributed by atoms with van der Waals surface area (Å²) in [6.07, 6.45) is 5.18. The van der Waals surface area contributed by atoms with E-state index >= 15 is 0 Å². The van der Waals surface area contributed by atoms with E-state index in [1.54, 1.807) is 12.3 Å². The fourth-order valence-corrected chi connectivity index (χ4v) is 1.71. The molecule has 2 N–H and O–H groups in total. The molecular formula is C14H16N4. The number of nitrogens with two attached hydrogens (primary N) is 1. The first kappa shape index (κ1) is 12.1. The lowest BCUT2D eigenvalue weighted by molar-refractivity contribution is 0.797. The van der Waals surface area contributed by atoms with E-state index in [2.05, 4.69) is 22.7 Å². The Kier molecular flexibility index (Phi) is 3.28. The van der Waals surface area contributed by atoms with Gasteiger partial charge in [0.15, 0.2) is 0 Å². The van der Waals surface area contributed by atoms with Crippen LogP contribution >= 0.6 is 0 Å². The minimum absolute atomic E-state index is 0.495. The standard InChI is InChI=1S/C14H16N4/c1-10(15)6-7-16-11(2)12-4-5-14-13(8-12)9-17-18(14)3/h4-9H,1,15H2,2-3H3/b7-6-,16-11?. The highest BCUT2D eigenvalue weighted by molar-refractivity contribution is 6.01. The molecule has 0 aliphatic heterocycles. The number of aliphatic imine (C=N–C) groups is 1. The predicted octanol–water partition coefficient (Wildman–Crippen LogP) is 2.37. The fourth-order valence-electron chi connectivity index (χ4n) is 1.71. The minimum atomic E-state index is 0.495. The van der Waals surface area contributed by atoms with Crippen LogP contribution in [0.15, 0.2) is 53.9 Å². The molecule has 0 atom stereocenters. The Hall–Kier alpha value is -2.36. The maximum absolute atomic E-state index is 5.43. The number of allylic oxidation sites excluding steroid dienone is 1. The lowest BCUT2D eigenvalue weighted by Crippen LogP contribution is -1.94. The van der Waals surface area contributed by atoms with Gasteiger partial charge in [0.1, 0.15) is 0 Å². The van der Waals surface area contributed by atoms with Crippen molar-refractivity contribution in [3.05, 3.63) is 54.5 Å². The molecule has 92 valence electrons. The number of hydrogen-bond donors (Lipinski definition) is 1. The molecule has 4 nitrogen and oxygen atoms in total. The Bertz CT molecular complexity index is 647. The summed E-state index contributed by atoms with van der Waals surface area (Å²) >= 11 is 0. The summed E-state index contributed by atoms with van der Waals surface area (Å²) in [5, 5.41) is 5.32. The van der Waals surface area contributed by atoms with Crippen molar-refractivity contribution in [2.45, 2.75) is 6.92 Å². The van der Waals surface area contributed by atoms with Crippen molar-refractivity contribution in [1.29, 1.82) is 0 Å². The molecule has 1 heterocycles. The van der Waals surface area contributed by atoms with Gasteiger partial charge >= 0.3 is 0 Å². The second kappa shape index (κ2) is 4.87. The number of fused-ring (bicyclic) bond motifs is 1. The molecule has 0 aliphatic carbocycles. The Balaban J connectivity index is 2.33. The summed E-state index contributed by atoms with van der Waals surface area (Å²) in [6, 6.07) is 6.16. The molecular weight excluding hydrogens is 224 g/mol. The molecule has 2 rings (SSSR count). The normalized spacial score (nSPS) is 12.4. The fraction of sp³-hybridized carbons (Fsp3) is 0.143. The van der Waals surface area contributed by atoms with Crippen LogP contribution in [0.2, 0.25) is 0 Å². The third-order valence-electron chi connectivity index (χ3n) is 2.72. The molecule has 0 spiro atoms. The van der Waals surface area contributed by atoms with Crippen molar-refractivity contribution in [2.75, 3.05) is 0 Å². The van der Waals surface area contributed by atoms with E-state index in [0.717, 1.165) is 22.2 Å². The van der Waals surface area contributed by atoms with Gasteiger partial charge in [-0.2, -0.15) is 5.10 Å². The van der Waals surface area contributed by atoms with Crippen molar-refractivity contribution >= 4 is 16.6 Å². The molecule has 2 aromatic rings. The molecule has 1 aromatic carbocycles. The molecule has 0 fully saturated rings. The summed E-state index contributed by atoms with van der Waals surface area (Å²) in [5.74, 6) is 0. The second-order valence-corrected chi connectivity index (χ2v) is 4.15. The SMILES string of the molecule is C=C(N)/C=C\N=C(C)c1ccc2c(cnn2C)c1.